The molecule has 0 saturated carbocycles. The first kappa shape index (κ1) is 17.1. The molecule has 1 amide bonds. The van der Waals surface area contributed by atoms with Crippen LogP contribution in [0.5, 0.6) is 11.5 Å². The highest BCUT2D eigenvalue weighted by molar-refractivity contribution is 5.84. The standard InChI is InChI=1S/C18H21NO6/c1-4-24-18(21)19-8-7-11-9-14(22-2)15(23-3)10-12(11)17(19)13-5-6-16(20)25-13/h5-6,9-10,13,17H,4,7-8H2,1-3H3. The second-order valence-electron chi connectivity index (χ2n) is 5.75. The first-order chi connectivity index (χ1) is 12.1. The van der Waals surface area contributed by atoms with Crippen molar-refractivity contribution in [1.29, 1.82) is 0 Å². The number of ether oxygens (including phenoxy) is 4. The van der Waals surface area contributed by atoms with E-state index < -0.39 is 24.2 Å². The van der Waals surface area contributed by atoms with Gasteiger partial charge in [0.2, 0.25) is 0 Å². The lowest BCUT2D eigenvalue weighted by molar-refractivity contribution is -0.141. The summed E-state index contributed by atoms with van der Waals surface area (Å²) in [5, 5.41) is 0. The van der Waals surface area contributed by atoms with Gasteiger partial charge in [-0.2, -0.15) is 0 Å². The summed E-state index contributed by atoms with van der Waals surface area (Å²) in [7, 11) is 3.14. The molecule has 1 aromatic carbocycles. The van der Waals surface area contributed by atoms with Gasteiger partial charge < -0.3 is 18.9 Å². The molecular weight excluding hydrogens is 326 g/mol. The second-order valence-corrected chi connectivity index (χ2v) is 5.75. The van der Waals surface area contributed by atoms with Crippen LogP contribution in [0.2, 0.25) is 0 Å². The van der Waals surface area contributed by atoms with Crippen molar-refractivity contribution < 1.29 is 28.5 Å². The van der Waals surface area contributed by atoms with E-state index >= 15 is 0 Å². The quantitative estimate of drug-likeness (QED) is 0.778. The van der Waals surface area contributed by atoms with Gasteiger partial charge in [-0.25, -0.2) is 9.59 Å². The lowest BCUT2D eigenvalue weighted by Crippen LogP contribution is -2.45. The maximum absolute atomic E-state index is 12.4. The Hall–Kier alpha value is -2.70. The summed E-state index contributed by atoms with van der Waals surface area (Å²) in [6, 6.07) is 3.28. The Labute approximate surface area is 146 Å². The molecule has 0 aromatic heterocycles. The molecule has 0 spiro atoms. The minimum absolute atomic E-state index is 0.279. The van der Waals surface area contributed by atoms with E-state index in [1.807, 2.05) is 12.1 Å². The zero-order chi connectivity index (χ0) is 18.0. The molecule has 2 atom stereocenters. The van der Waals surface area contributed by atoms with Crippen molar-refractivity contribution in [3.05, 3.63) is 35.4 Å². The summed E-state index contributed by atoms with van der Waals surface area (Å²) in [6.45, 7) is 2.50. The second kappa shape index (κ2) is 7.04. The van der Waals surface area contributed by atoms with Gasteiger partial charge in [0, 0.05) is 12.6 Å². The molecule has 0 fully saturated rings. The van der Waals surface area contributed by atoms with Crippen molar-refractivity contribution >= 4 is 12.1 Å². The number of rotatable bonds is 4. The van der Waals surface area contributed by atoms with Crippen molar-refractivity contribution in [2.24, 2.45) is 0 Å². The van der Waals surface area contributed by atoms with Gasteiger partial charge in [-0.05, 0) is 42.7 Å². The van der Waals surface area contributed by atoms with E-state index in [-0.39, 0.29) is 6.61 Å². The highest BCUT2D eigenvalue weighted by atomic mass is 16.6. The summed E-state index contributed by atoms with van der Waals surface area (Å²) in [4.78, 5) is 25.6. The first-order valence-corrected chi connectivity index (χ1v) is 8.16. The average Bonchev–Trinajstić information content (AvgIpc) is 3.05. The van der Waals surface area contributed by atoms with Crippen LogP contribution < -0.4 is 9.47 Å². The molecule has 2 heterocycles. The van der Waals surface area contributed by atoms with E-state index in [1.165, 1.54) is 6.08 Å². The van der Waals surface area contributed by atoms with Gasteiger partial charge in [0.15, 0.2) is 11.5 Å². The van der Waals surface area contributed by atoms with Crippen molar-refractivity contribution in [1.82, 2.24) is 4.90 Å². The summed E-state index contributed by atoms with van der Waals surface area (Å²) < 4.78 is 21.3. The lowest BCUT2D eigenvalue weighted by atomic mass is 9.89. The summed E-state index contributed by atoms with van der Waals surface area (Å²) in [6.07, 6.45) is 2.71. The fraction of sp³-hybridized carbons (Fsp3) is 0.444. The maximum atomic E-state index is 12.4. The van der Waals surface area contributed by atoms with E-state index in [1.54, 1.807) is 32.1 Å². The highest BCUT2D eigenvalue weighted by Crippen LogP contribution is 2.41. The molecule has 2 unspecified atom stereocenters. The molecule has 25 heavy (non-hydrogen) atoms. The van der Waals surface area contributed by atoms with Crippen LogP contribution in [0.25, 0.3) is 0 Å². The monoisotopic (exact) mass is 347 g/mol. The van der Waals surface area contributed by atoms with E-state index in [4.69, 9.17) is 18.9 Å². The zero-order valence-corrected chi connectivity index (χ0v) is 14.5. The largest absolute Gasteiger partial charge is 0.493 e. The zero-order valence-electron chi connectivity index (χ0n) is 14.5. The van der Waals surface area contributed by atoms with Crippen LogP contribution in [-0.2, 0) is 20.7 Å². The van der Waals surface area contributed by atoms with Crippen LogP contribution in [0.4, 0.5) is 4.79 Å². The Morgan fingerprint density at radius 3 is 2.60 bits per heavy atom. The number of fused-ring (bicyclic) bond motifs is 1. The summed E-state index contributed by atoms with van der Waals surface area (Å²) >= 11 is 0. The maximum Gasteiger partial charge on any atom is 0.410 e. The third-order valence-electron chi connectivity index (χ3n) is 4.41. The molecule has 0 N–H and O–H groups in total. The molecule has 3 rings (SSSR count). The Bertz CT molecular complexity index is 714. The fourth-order valence-corrected chi connectivity index (χ4v) is 3.30. The topological polar surface area (TPSA) is 74.3 Å². The first-order valence-electron chi connectivity index (χ1n) is 8.16. The van der Waals surface area contributed by atoms with Crippen LogP contribution in [0.1, 0.15) is 24.1 Å². The normalized spacial score (nSPS) is 21.6. The van der Waals surface area contributed by atoms with Crippen LogP contribution in [-0.4, -0.2) is 50.4 Å². The van der Waals surface area contributed by atoms with Gasteiger partial charge in [0.05, 0.1) is 20.8 Å². The summed E-state index contributed by atoms with van der Waals surface area (Å²) in [5.41, 5.74) is 1.89. The lowest BCUT2D eigenvalue weighted by Gasteiger charge is -2.38. The molecule has 2 aliphatic heterocycles. The molecule has 7 heteroatoms. The third kappa shape index (κ3) is 3.14. The number of hydrogen-bond acceptors (Lipinski definition) is 6. The predicted octanol–water partition coefficient (Wildman–Crippen LogP) is 2.24. The number of benzene rings is 1. The Balaban J connectivity index is 2.05. The van der Waals surface area contributed by atoms with Gasteiger partial charge in [-0.3, -0.25) is 4.90 Å². The number of hydrogen-bond donors (Lipinski definition) is 0. The number of carbonyl (C=O) groups excluding carboxylic acids is 2. The van der Waals surface area contributed by atoms with Crippen LogP contribution >= 0.6 is 0 Å². The summed E-state index contributed by atoms with van der Waals surface area (Å²) in [5.74, 6) is 0.773. The number of methoxy groups -OCH3 is 2. The molecule has 134 valence electrons. The SMILES string of the molecule is CCOC(=O)N1CCc2cc(OC)c(OC)cc2C1C1C=CC(=O)O1. The van der Waals surface area contributed by atoms with Crippen molar-refractivity contribution in [3.63, 3.8) is 0 Å². The van der Waals surface area contributed by atoms with Gasteiger partial charge >= 0.3 is 12.1 Å². The highest BCUT2D eigenvalue weighted by Gasteiger charge is 2.40. The minimum atomic E-state index is -0.561. The van der Waals surface area contributed by atoms with E-state index in [0.717, 1.165) is 11.1 Å². The van der Waals surface area contributed by atoms with E-state index in [9.17, 15) is 9.59 Å². The molecule has 0 aliphatic carbocycles. The van der Waals surface area contributed by atoms with Crippen LogP contribution in [0.3, 0.4) is 0 Å². The molecule has 1 aromatic rings. The predicted molar refractivity (Wildman–Crippen MR) is 88.7 cm³/mol. The van der Waals surface area contributed by atoms with E-state index in [0.29, 0.717) is 24.5 Å². The number of nitrogens with zero attached hydrogens (tertiary/aromatic N) is 1. The molecular formula is C18H21NO6. The molecule has 2 aliphatic rings. The molecule has 0 bridgehead atoms. The fourth-order valence-electron chi connectivity index (χ4n) is 3.30. The van der Waals surface area contributed by atoms with Crippen LogP contribution in [0.15, 0.2) is 24.3 Å². The van der Waals surface area contributed by atoms with Gasteiger partial charge in [0.1, 0.15) is 12.1 Å². The van der Waals surface area contributed by atoms with Crippen molar-refractivity contribution in [2.75, 3.05) is 27.4 Å². The van der Waals surface area contributed by atoms with Crippen molar-refractivity contribution in [3.8, 4) is 11.5 Å². The Morgan fingerprint density at radius 2 is 2.00 bits per heavy atom. The van der Waals surface area contributed by atoms with Crippen LogP contribution in [0, 0.1) is 0 Å². The molecule has 0 radical (unpaired) electrons. The number of amides is 1. The Kier molecular flexibility index (Phi) is 4.83. The number of esters is 1. The average molecular weight is 347 g/mol. The molecule has 7 nitrogen and oxygen atoms in total. The third-order valence-corrected chi connectivity index (χ3v) is 4.41. The number of carbonyl (C=O) groups is 2. The van der Waals surface area contributed by atoms with E-state index in [2.05, 4.69) is 0 Å². The number of cyclic esters (lactones) is 1. The van der Waals surface area contributed by atoms with Gasteiger partial charge in [0.25, 0.3) is 0 Å². The Morgan fingerprint density at radius 1 is 1.28 bits per heavy atom. The minimum Gasteiger partial charge on any atom is -0.493 e. The molecule has 0 saturated heterocycles. The van der Waals surface area contributed by atoms with Gasteiger partial charge in [-0.1, -0.05) is 0 Å². The van der Waals surface area contributed by atoms with Gasteiger partial charge in [-0.15, -0.1) is 0 Å². The van der Waals surface area contributed by atoms with Crippen molar-refractivity contribution in [2.45, 2.75) is 25.5 Å². The smallest absolute Gasteiger partial charge is 0.410 e.